The van der Waals surface area contributed by atoms with E-state index in [2.05, 4.69) is 48.6 Å². The van der Waals surface area contributed by atoms with Crippen molar-refractivity contribution in [3.05, 3.63) is 47.0 Å². The van der Waals surface area contributed by atoms with Gasteiger partial charge in [-0.1, -0.05) is 44.2 Å². The third kappa shape index (κ3) is 3.08. The first-order chi connectivity index (χ1) is 11.4. The predicted molar refractivity (Wildman–Crippen MR) is 95.9 cm³/mol. The highest BCUT2D eigenvalue weighted by atomic mass is 16.2. The molecule has 1 fully saturated rings. The van der Waals surface area contributed by atoms with Crippen LogP contribution in [-0.2, 0) is 4.79 Å². The highest BCUT2D eigenvalue weighted by Crippen LogP contribution is 2.49. The first-order valence-corrected chi connectivity index (χ1v) is 8.51. The van der Waals surface area contributed by atoms with Crippen molar-refractivity contribution in [1.29, 1.82) is 0 Å². The number of fused-ring (bicyclic) bond motifs is 1. The van der Waals surface area contributed by atoms with Gasteiger partial charge >= 0.3 is 0 Å². The fourth-order valence-corrected chi connectivity index (χ4v) is 4.43. The van der Waals surface area contributed by atoms with Gasteiger partial charge in [0.1, 0.15) is 0 Å². The molecule has 5 N–H and O–H groups in total. The molecule has 1 aromatic rings. The lowest BCUT2D eigenvalue weighted by Crippen LogP contribution is -2.40. The van der Waals surface area contributed by atoms with E-state index in [-0.39, 0.29) is 11.3 Å². The van der Waals surface area contributed by atoms with Gasteiger partial charge in [0.15, 0.2) is 0 Å². The number of carbonyl (C=O) groups is 1. The lowest BCUT2D eigenvalue weighted by molar-refractivity contribution is -0.117. The zero-order chi connectivity index (χ0) is 17.3. The molecule has 0 aliphatic heterocycles. The van der Waals surface area contributed by atoms with E-state index in [1.807, 2.05) is 6.07 Å². The Labute approximate surface area is 143 Å². The Kier molecular flexibility index (Phi) is 4.45. The Hall–Kier alpha value is -2.14. The van der Waals surface area contributed by atoms with Gasteiger partial charge in [0, 0.05) is 5.57 Å². The van der Waals surface area contributed by atoms with Crippen LogP contribution in [0.1, 0.15) is 51.0 Å². The van der Waals surface area contributed by atoms with Crippen molar-refractivity contribution in [2.24, 2.45) is 28.1 Å². The fraction of sp³-hybridized carbons (Fsp3) is 0.474. The monoisotopic (exact) mass is 326 g/mol. The molecule has 0 saturated heterocycles. The number of hydrogen-bond acceptors (Lipinski definition) is 4. The van der Waals surface area contributed by atoms with Crippen molar-refractivity contribution in [2.75, 3.05) is 0 Å². The Bertz CT molecular complexity index is 691. The van der Waals surface area contributed by atoms with Crippen molar-refractivity contribution < 1.29 is 4.79 Å². The highest BCUT2D eigenvalue weighted by Gasteiger charge is 2.42. The van der Waals surface area contributed by atoms with Crippen molar-refractivity contribution in [3.63, 3.8) is 0 Å². The van der Waals surface area contributed by atoms with E-state index in [0.717, 1.165) is 36.1 Å². The number of carbonyl (C=O) groups excluding carboxylic acids is 1. The van der Waals surface area contributed by atoms with Crippen LogP contribution in [0.3, 0.4) is 0 Å². The number of amides is 1. The summed E-state index contributed by atoms with van der Waals surface area (Å²) in [5.41, 5.74) is 6.37. The molecule has 2 aliphatic rings. The zero-order valence-electron chi connectivity index (χ0n) is 14.4. The Morgan fingerprint density at radius 3 is 2.58 bits per heavy atom. The van der Waals surface area contributed by atoms with Gasteiger partial charge < -0.3 is 5.84 Å². The van der Waals surface area contributed by atoms with E-state index < -0.39 is 0 Å². The van der Waals surface area contributed by atoms with Gasteiger partial charge in [0.25, 0.3) is 5.91 Å². The second kappa shape index (κ2) is 6.40. The van der Waals surface area contributed by atoms with Crippen LogP contribution in [0.2, 0.25) is 0 Å². The van der Waals surface area contributed by atoms with Crippen LogP contribution < -0.4 is 17.1 Å². The van der Waals surface area contributed by atoms with Crippen LogP contribution in [0, 0.1) is 11.3 Å². The number of hydrazone groups is 1. The van der Waals surface area contributed by atoms with Crippen LogP contribution in [0.25, 0.3) is 0 Å². The SMILES string of the molecule is CC1(C)C/C(=N\N)C2=C(C(=O)NN)C[C@@H](c3ccccc3)C[C@H]2C1. The topological polar surface area (TPSA) is 93.5 Å². The number of rotatable bonds is 2. The summed E-state index contributed by atoms with van der Waals surface area (Å²) in [7, 11) is 0. The second-order valence-electron chi connectivity index (χ2n) is 7.73. The van der Waals surface area contributed by atoms with E-state index in [1.165, 1.54) is 5.56 Å². The summed E-state index contributed by atoms with van der Waals surface area (Å²) in [6.07, 6.45) is 3.53. The van der Waals surface area contributed by atoms with Crippen molar-refractivity contribution in [1.82, 2.24) is 5.43 Å². The zero-order valence-corrected chi connectivity index (χ0v) is 14.4. The van der Waals surface area contributed by atoms with Crippen LogP contribution in [0.4, 0.5) is 0 Å². The largest absolute Gasteiger partial charge is 0.323 e. The predicted octanol–water partition coefficient (Wildman–Crippen LogP) is 2.60. The molecular weight excluding hydrogens is 300 g/mol. The van der Waals surface area contributed by atoms with E-state index in [4.69, 9.17) is 11.7 Å². The van der Waals surface area contributed by atoms with Gasteiger partial charge in [-0.05, 0) is 54.1 Å². The maximum atomic E-state index is 12.4. The third-order valence-electron chi connectivity index (χ3n) is 5.34. The molecule has 0 spiro atoms. The van der Waals surface area contributed by atoms with Gasteiger partial charge in [0.2, 0.25) is 0 Å². The third-order valence-corrected chi connectivity index (χ3v) is 5.34. The van der Waals surface area contributed by atoms with Gasteiger partial charge in [0.05, 0.1) is 5.71 Å². The first kappa shape index (κ1) is 16.7. The molecule has 1 amide bonds. The number of hydrogen-bond donors (Lipinski definition) is 3. The van der Waals surface area contributed by atoms with E-state index in [1.54, 1.807) is 0 Å². The molecule has 0 bridgehead atoms. The van der Waals surface area contributed by atoms with Crippen molar-refractivity contribution >= 4 is 11.6 Å². The summed E-state index contributed by atoms with van der Waals surface area (Å²) in [6.45, 7) is 4.48. The molecule has 0 aromatic heterocycles. The van der Waals surface area contributed by atoms with Gasteiger partial charge in [-0.15, -0.1) is 0 Å². The van der Waals surface area contributed by atoms with Crippen molar-refractivity contribution in [2.45, 2.75) is 45.4 Å². The molecule has 0 radical (unpaired) electrons. The number of nitrogens with two attached hydrogens (primary N) is 2. The first-order valence-electron chi connectivity index (χ1n) is 8.51. The average Bonchev–Trinajstić information content (AvgIpc) is 2.59. The minimum atomic E-state index is -0.212. The van der Waals surface area contributed by atoms with Crippen LogP contribution >= 0.6 is 0 Å². The highest BCUT2D eigenvalue weighted by molar-refractivity contribution is 6.09. The molecule has 2 aliphatic carbocycles. The van der Waals surface area contributed by atoms with Crippen molar-refractivity contribution in [3.8, 4) is 0 Å². The average molecular weight is 326 g/mol. The van der Waals surface area contributed by atoms with Gasteiger partial charge in [-0.3, -0.25) is 10.2 Å². The molecule has 5 nitrogen and oxygen atoms in total. The number of nitrogens with one attached hydrogen (secondary N) is 1. The maximum Gasteiger partial charge on any atom is 0.261 e. The molecule has 1 saturated carbocycles. The maximum absolute atomic E-state index is 12.4. The fourth-order valence-electron chi connectivity index (χ4n) is 4.43. The molecule has 3 rings (SSSR count). The van der Waals surface area contributed by atoms with E-state index in [9.17, 15) is 4.79 Å². The number of nitrogens with zero attached hydrogens (tertiary/aromatic N) is 1. The van der Waals surface area contributed by atoms with Crippen LogP contribution in [-0.4, -0.2) is 11.6 Å². The Morgan fingerprint density at radius 1 is 1.25 bits per heavy atom. The second-order valence-corrected chi connectivity index (χ2v) is 7.73. The molecule has 24 heavy (non-hydrogen) atoms. The Balaban J connectivity index is 2.06. The van der Waals surface area contributed by atoms with Crippen LogP contribution in [0.15, 0.2) is 46.6 Å². The van der Waals surface area contributed by atoms with E-state index in [0.29, 0.717) is 18.3 Å². The number of allylic oxidation sites excluding steroid dienone is 1. The summed E-state index contributed by atoms with van der Waals surface area (Å²) in [6, 6.07) is 10.4. The van der Waals surface area contributed by atoms with E-state index >= 15 is 0 Å². The lowest BCUT2D eigenvalue weighted by atomic mass is 9.61. The molecule has 0 heterocycles. The molecule has 1 aromatic carbocycles. The molecule has 0 unspecified atom stereocenters. The normalized spacial score (nSPS) is 27.7. The standard InChI is InChI=1S/C19H26N4O/c1-19(2)10-14-8-13(12-6-4-3-5-7-12)9-15(18(24)23-21)17(14)16(11-19)22-20/h3-7,13-14H,8-11,20-21H2,1-2H3,(H,23,24)/b22-16+/t13-,14-/m0/s1. The smallest absolute Gasteiger partial charge is 0.261 e. The summed E-state index contributed by atoms with van der Waals surface area (Å²) in [5, 5.41) is 4.03. The molecular formula is C19H26N4O. The minimum Gasteiger partial charge on any atom is -0.323 e. The molecule has 5 heteroatoms. The van der Waals surface area contributed by atoms with Gasteiger partial charge in [-0.25, -0.2) is 5.84 Å². The quantitative estimate of drug-likeness (QED) is 0.443. The minimum absolute atomic E-state index is 0.134. The van der Waals surface area contributed by atoms with Crippen LogP contribution in [0.5, 0.6) is 0 Å². The lowest BCUT2D eigenvalue weighted by Gasteiger charge is -2.43. The van der Waals surface area contributed by atoms with Gasteiger partial charge in [-0.2, -0.15) is 5.10 Å². The Morgan fingerprint density at radius 2 is 1.96 bits per heavy atom. The molecule has 2 atom stereocenters. The number of hydrazine groups is 1. The summed E-state index contributed by atoms with van der Waals surface area (Å²) in [4.78, 5) is 12.4. The molecule has 128 valence electrons. The summed E-state index contributed by atoms with van der Waals surface area (Å²) < 4.78 is 0. The summed E-state index contributed by atoms with van der Waals surface area (Å²) >= 11 is 0. The summed E-state index contributed by atoms with van der Waals surface area (Å²) in [5.74, 6) is 11.5. The number of benzene rings is 1.